The molecule has 2 rings (SSSR count). The second-order valence-electron chi connectivity index (χ2n) is 3.99. The number of hydrogen-bond acceptors (Lipinski definition) is 7. The van der Waals surface area contributed by atoms with Gasteiger partial charge in [0.2, 0.25) is 0 Å². The molecule has 0 radical (unpaired) electrons. The van der Waals surface area contributed by atoms with E-state index in [1.165, 1.54) is 10.7 Å². The van der Waals surface area contributed by atoms with Crippen molar-refractivity contribution in [2.24, 2.45) is 0 Å². The van der Waals surface area contributed by atoms with Gasteiger partial charge in [0.25, 0.3) is 0 Å². The van der Waals surface area contributed by atoms with Crippen LogP contribution in [0.25, 0.3) is 5.82 Å². The Bertz CT molecular complexity index is 725. The summed E-state index contributed by atoms with van der Waals surface area (Å²) in [6, 6.07) is 3.05. The number of halogens is 1. The first kappa shape index (κ1) is 14.5. The molecule has 0 aliphatic carbocycles. The second-order valence-corrected chi connectivity index (χ2v) is 6.33. The Balaban J connectivity index is 2.64. The lowest BCUT2D eigenvalue weighted by Crippen LogP contribution is -2.07. The molecule has 0 fully saturated rings. The van der Waals surface area contributed by atoms with Crippen molar-refractivity contribution in [3.05, 3.63) is 17.3 Å². The number of hydrogen-bond donors (Lipinski definition) is 2. The normalized spacial score (nSPS) is 11.6. The number of nitrogens with zero attached hydrogens (tertiary/aromatic N) is 4. The van der Waals surface area contributed by atoms with Crippen LogP contribution in [-0.2, 0) is 9.84 Å². The van der Waals surface area contributed by atoms with Crippen LogP contribution < -0.4 is 11.1 Å². The van der Waals surface area contributed by atoms with E-state index < -0.39 is 9.84 Å². The molecule has 0 bridgehead atoms. The van der Waals surface area contributed by atoms with E-state index in [-0.39, 0.29) is 27.5 Å². The molecule has 8 nitrogen and oxygen atoms in total. The van der Waals surface area contributed by atoms with Gasteiger partial charge in [-0.1, -0.05) is 11.6 Å². The fourth-order valence-electron chi connectivity index (χ4n) is 1.66. The third-order valence-corrected chi connectivity index (χ3v) is 3.77. The zero-order valence-electron chi connectivity index (χ0n) is 10.8. The van der Waals surface area contributed by atoms with Crippen molar-refractivity contribution in [2.45, 2.75) is 11.8 Å². The first-order chi connectivity index (χ1) is 9.34. The summed E-state index contributed by atoms with van der Waals surface area (Å²) in [5.41, 5.74) is 5.87. The van der Waals surface area contributed by atoms with Gasteiger partial charge in [0.15, 0.2) is 31.5 Å². The molecular weight excluding hydrogens is 304 g/mol. The molecule has 0 saturated heterocycles. The van der Waals surface area contributed by atoms with E-state index in [0.29, 0.717) is 6.54 Å². The summed E-state index contributed by atoms with van der Waals surface area (Å²) >= 11 is 5.65. The molecule has 0 aromatic carbocycles. The summed E-state index contributed by atoms with van der Waals surface area (Å²) < 4.78 is 24.8. The van der Waals surface area contributed by atoms with E-state index in [4.69, 9.17) is 17.3 Å². The summed E-state index contributed by atoms with van der Waals surface area (Å²) in [6.07, 6.45) is 1.07. The van der Waals surface area contributed by atoms with Gasteiger partial charge in [-0.05, 0) is 19.1 Å². The minimum absolute atomic E-state index is 0.0277. The monoisotopic (exact) mass is 316 g/mol. The summed E-state index contributed by atoms with van der Waals surface area (Å²) in [7, 11) is -3.53. The Hall–Kier alpha value is -1.87. The minimum atomic E-state index is -3.53. The van der Waals surface area contributed by atoms with Gasteiger partial charge in [0.1, 0.15) is 5.82 Å². The lowest BCUT2D eigenvalue weighted by Gasteiger charge is -2.02. The standard InChI is InChI=1S/C10H13ClN6O2S/c1-3-13-10-8(20(2,18)19)9(12)17(16-10)7-5-4-6(11)14-15-7/h4-5H,3,12H2,1-2H3,(H,13,16). The molecule has 2 aromatic heterocycles. The first-order valence-corrected chi connectivity index (χ1v) is 7.93. The van der Waals surface area contributed by atoms with Gasteiger partial charge >= 0.3 is 0 Å². The van der Waals surface area contributed by atoms with Crippen molar-refractivity contribution >= 4 is 33.1 Å². The van der Waals surface area contributed by atoms with Crippen LogP contribution in [0.3, 0.4) is 0 Å². The highest BCUT2D eigenvalue weighted by molar-refractivity contribution is 7.91. The van der Waals surface area contributed by atoms with E-state index >= 15 is 0 Å². The van der Waals surface area contributed by atoms with E-state index in [1.54, 1.807) is 6.07 Å². The second kappa shape index (κ2) is 5.25. The summed E-state index contributed by atoms with van der Waals surface area (Å²) in [6.45, 7) is 2.33. The molecule has 0 amide bonds. The van der Waals surface area contributed by atoms with Crippen molar-refractivity contribution in [3.8, 4) is 5.82 Å². The Morgan fingerprint density at radius 3 is 2.60 bits per heavy atom. The molecule has 0 unspecified atom stereocenters. The minimum Gasteiger partial charge on any atom is -0.382 e. The highest BCUT2D eigenvalue weighted by Gasteiger charge is 2.25. The molecule has 0 spiro atoms. The number of aromatic nitrogens is 4. The average Bonchev–Trinajstić information content (AvgIpc) is 2.67. The Kier molecular flexibility index (Phi) is 3.82. The van der Waals surface area contributed by atoms with Crippen LogP contribution in [0.5, 0.6) is 0 Å². The number of nitrogens with one attached hydrogen (secondary N) is 1. The average molecular weight is 317 g/mol. The van der Waals surface area contributed by atoms with Crippen LogP contribution in [0.15, 0.2) is 17.0 Å². The summed E-state index contributed by atoms with van der Waals surface area (Å²) in [5.74, 6) is 0.435. The molecular formula is C10H13ClN6O2S. The van der Waals surface area contributed by atoms with Gasteiger partial charge in [0.05, 0.1) is 0 Å². The Morgan fingerprint density at radius 2 is 2.10 bits per heavy atom. The quantitative estimate of drug-likeness (QED) is 0.854. The van der Waals surface area contributed by atoms with Crippen molar-refractivity contribution in [2.75, 3.05) is 23.9 Å². The zero-order chi connectivity index (χ0) is 14.9. The van der Waals surface area contributed by atoms with Crippen LogP contribution in [-0.4, -0.2) is 41.2 Å². The predicted molar refractivity (Wildman–Crippen MR) is 75.8 cm³/mol. The smallest absolute Gasteiger partial charge is 0.182 e. The van der Waals surface area contributed by atoms with Gasteiger partial charge in [-0.2, -0.15) is 4.68 Å². The maximum Gasteiger partial charge on any atom is 0.182 e. The molecule has 2 aromatic rings. The van der Waals surface area contributed by atoms with E-state index in [9.17, 15) is 8.42 Å². The number of nitrogen functional groups attached to an aromatic ring is 1. The molecule has 0 atom stereocenters. The number of nitrogens with two attached hydrogens (primary N) is 1. The fourth-order valence-corrected chi connectivity index (χ4v) is 2.69. The molecule has 0 aliphatic rings. The van der Waals surface area contributed by atoms with Gasteiger partial charge in [-0.3, -0.25) is 0 Å². The van der Waals surface area contributed by atoms with E-state index in [1.807, 2.05) is 6.92 Å². The number of sulfone groups is 1. The first-order valence-electron chi connectivity index (χ1n) is 5.66. The van der Waals surface area contributed by atoms with Crippen molar-refractivity contribution < 1.29 is 8.42 Å². The van der Waals surface area contributed by atoms with Gasteiger partial charge < -0.3 is 11.1 Å². The molecule has 0 aliphatic heterocycles. The van der Waals surface area contributed by atoms with Crippen molar-refractivity contribution in [1.82, 2.24) is 20.0 Å². The Morgan fingerprint density at radius 1 is 1.40 bits per heavy atom. The van der Waals surface area contributed by atoms with E-state index in [0.717, 1.165) is 6.26 Å². The van der Waals surface area contributed by atoms with Gasteiger partial charge in [0, 0.05) is 12.8 Å². The van der Waals surface area contributed by atoms with Crippen LogP contribution in [0.2, 0.25) is 5.15 Å². The van der Waals surface area contributed by atoms with Crippen molar-refractivity contribution in [3.63, 3.8) is 0 Å². The third kappa shape index (κ3) is 2.68. The number of rotatable bonds is 4. The summed E-state index contributed by atoms with van der Waals surface area (Å²) in [4.78, 5) is -0.0592. The largest absolute Gasteiger partial charge is 0.382 e. The molecule has 108 valence electrons. The van der Waals surface area contributed by atoms with E-state index in [2.05, 4.69) is 20.6 Å². The number of anilines is 2. The van der Waals surface area contributed by atoms with Crippen LogP contribution in [0, 0.1) is 0 Å². The van der Waals surface area contributed by atoms with Gasteiger partial charge in [-0.25, -0.2) is 8.42 Å². The predicted octanol–water partition coefficient (Wildman–Crippen LogP) is 0.733. The maximum absolute atomic E-state index is 11.8. The zero-order valence-corrected chi connectivity index (χ0v) is 12.4. The van der Waals surface area contributed by atoms with Crippen molar-refractivity contribution in [1.29, 1.82) is 0 Å². The maximum atomic E-state index is 11.8. The third-order valence-electron chi connectivity index (χ3n) is 2.43. The highest BCUT2D eigenvalue weighted by atomic mass is 35.5. The molecule has 20 heavy (non-hydrogen) atoms. The Labute approximate surface area is 120 Å². The van der Waals surface area contributed by atoms with Crippen LogP contribution in [0.4, 0.5) is 11.6 Å². The fraction of sp³-hybridized carbons (Fsp3) is 0.300. The highest BCUT2D eigenvalue weighted by Crippen LogP contribution is 2.28. The molecule has 10 heteroatoms. The van der Waals surface area contributed by atoms with Gasteiger partial charge in [-0.15, -0.1) is 15.3 Å². The summed E-state index contributed by atoms with van der Waals surface area (Å²) in [5, 5.41) is 14.7. The SMILES string of the molecule is CCNc1nn(-c2ccc(Cl)nn2)c(N)c1S(C)(=O)=O. The molecule has 0 saturated carbocycles. The lowest BCUT2D eigenvalue weighted by atomic mass is 10.5. The van der Waals surface area contributed by atoms with Crippen LogP contribution in [0.1, 0.15) is 6.92 Å². The molecule has 2 heterocycles. The van der Waals surface area contributed by atoms with Crippen LogP contribution >= 0.6 is 11.6 Å². The lowest BCUT2D eigenvalue weighted by molar-refractivity contribution is 0.602. The topological polar surface area (TPSA) is 116 Å². The molecule has 3 N–H and O–H groups in total.